The molecule has 1 aromatic carbocycles. The Bertz CT molecular complexity index is 485. The molecule has 2 rings (SSSR count). The Morgan fingerprint density at radius 1 is 0.957 bits per heavy atom. The smallest absolute Gasteiger partial charge is 0.159 e. The SMILES string of the molecule is CCCCCC1CCC(C/C=C\Cc2ccc(F)c(F)c2)CC1. The second kappa shape index (κ2) is 9.85. The number of hydrogen-bond acceptors (Lipinski definition) is 0. The van der Waals surface area contributed by atoms with Crippen molar-refractivity contribution in [1.29, 1.82) is 0 Å². The summed E-state index contributed by atoms with van der Waals surface area (Å²) in [6, 6.07) is 4.16. The standard InChI is InChI=1S/C21H30F2/c1-2-3-4-7-17-10-12-18(13-11-17)8-5-6-9-19-14-15-20(22)21(23)16-19/h5-6,14-18H,2-4,7-13H2,1H3/b6-5-. The van der Waals surface area contributed by atoms with Gasteiger partial charge in [-0.3, -0.25) is 0 Å². The minimum atomic E-state index is -0.770. The Morgan fingerprint density at radius 3 is 2.39 bits per heavy atom. The van der Waals surface area contributed by atoms with Crippen molar-refractivity contribution in [2.75, 3.05) is 0 Å². The lowest BCUT2D eigenvalue weighted by atomic mass is 9.78. The maximum atomic E-state index is 13.1. The van der Waals surface area contributed by atoms with Crippen LogP contribution in [-0.2, 0) is 6.42 Å². The van der Waals surface area contributed by atoms with Gasteiger partial charge in [0.15, 0.2) is 11.6 Å². The zero-order valence-electron chi connectivity index (χ0n) is 14.4. The van der Waals surface area contributed by atoms with E-state index < -0.39 is 11.6 Å². The van der Waals surface area contributed by atoms with Gasteiger partial charge in [-0.25, -0.2) is 8.78 Å². The van der Waals surface area contributed by atoms with Crippen LogP contribution in [0.5, 0.6) is 0 Å². The van der Waals surface area contributed by atoms with E-state index in [0.717, 1.165) is 23.8 Å². The van der Waals surface area contributed by atoms with Crippen molar-refractivity contribution >= 4 is 0 Å². The summed E-state index contributed by atoms with van der Waals surface area (Å²) in [7, 11) is 0. The van der Waals surface area contributed by atoms with Gasteiger partial charge in [0.2, 0.25) is 0 Å². The molecule has 0 amide bonds. The Hall–Kier alpha value is -1.18. The van der Waals surface area contributed by atoms with Crippen LogP contribution < -0.4 is 0 Å². The van der Waals surface area contributed by atoms with E-state index in [4.69, 9.17) is 0 Å². The first-order valence-electron chi connectivity index (χ1n) is 9.28. The molecular weight excluding hydrogens is 290 g/mol. The molecule has 0 heterocycles. The highest BCUT2D eigenvalue weighted by molar-refractivity contribution is 5.20. The molecule has 0 unspecified atom stereocenters. The van der Waals surface area contributed by atoms with Crippen LogP contribution in [0.3, 0.4) is 0 Å². The summed E-state index contributed by atoms with van der Waals surface area (Å²) in [4.78, 5) is 0. The fourth-order valence-corrected chi connectivity index (χ4v) is 3.61. The first-order valence-corrected chi connectivity index (χ1v) is 9.28. The third-order valence-corrected chi connectivity index (χ3v) is 5.16. The molecule has 2 heteroatoms. The fraction of sp³-hybridized carbons (Fsp3) is 0.619. The highest BCUT2D eigenvalue weighted by atomic mass is 19.2. The Morgan fingerprint density at radius 2 is 1.70 bits per heavy atom. The van der Waals surface area contributed by atoms with Crippen LogP contribution in [0.15, 0.2) is 30.4 Å². The van der Waals surface area contributed by atoms with Gasteiger partial charge in [0.25, 0.3) is 0 Å². The number of benzene rings is 1. The number of unbranched alkanes of at least 4 members (excludes halogenated alkanes) is 2. The van der Waals surface area contributed by atoms with E-state index in [1.807, 2.05) is 0 Å². The van der Waals surface area contributed by atoms with Crippen LogP contribution >= 0.6 is 0 Å². The van der Waals surface area contributed by atoms with E-state index in [1.54, 1.807) is 6.07 Å². The van der Waals surface area contributed by atoms with Crippen LogP contribution in [0.1, 0.15) is 70.3 Å². The van der Waals surface area contributed by atoms with Gasteiger partial charge < -0.3 is 0 Å². The van der Waals surface area contributed by atoms with E-state index >= 15 is 0 Å². The van der Waals surface area contributed by atoms with Gasteiger partial charge in [0.05, 0.1) is 0 Å². The average molecular weight is 320 g/mol. The van der Waals surface area contributed by atoms with Crippen LogP contribution in [0.4, 0.5) is 8.78 Å². The van der Waals surface area contributed by atoms with Crippen molar-refractivity contribution in [3.63, 3.8) is 0 Å². The van der Waals surface area contributed by atoms with Crippen molar-refractivity contribution in [2.45, 2.75) is 71.1 Å². The molecule has 0 radical (unpaired) electrons. The molecule has 1 aliphatic rings. The van der Waals surface area contributed by atoms with Gasteiger partial charge in [-0.15, -0.1) is 0 Å². The molecule has 1 fully saturated rings. The fourth-order valence-electron chi connectivity index (χ4n) is 3.61. The lowest BCUT2D eigenvalue weighted by Crippen LogP contribution is -2.14. The first kappa shape index (κ1) is 18.2. The van der Waals surface area contributed by atoms with E-state index in [9.17, 15) is 8.78 Å². The quantitative estimate of drug-likeness (QED) is 0.363. The molecule has 0 atom stereocenters. The molecule has 0 nitrogen and oxygen atoms in total. The second-order valence-corrected chi connectivity index (χ2v) is 7.04. The normalized spacial score (nSPS) is 21.9. The number of allylic oxidation sites excluding steroid dienone is 2. The predicted molar refractivity (Wildman–Crippen MR) is 93.4 cm³/mol. The summed E-state index contributed by atoms with van der Waals surface area (Å²) in [6.45, 7) is 2.27. The lowest BCUT2D eigenvalue weighted by Gasteiger charge is -2.27. The first-order chi connectivity index (χ1) is 11.2. The maximum absolute atomic E-state index is 13.1. The minimum absolute atomic E-state index is 0.684. The summed E-state index contributed by atoms with van der Waals surface area (Å²) in [5, 5.41) is 0. The lowest BCUT2D eigenvalue weighted by molar-refractivity contribution is 0.260. The summed E-state index contributed by atoms with van der Waals surface area (Å²) in [5.74, 6) is 0.258. The van der Waals surface area contributed by atoms with Crippen molar-refractivity contribution < 1.29 is 8.78 Å². The van der Waals surface area contributed by atoms with Gasteiger partial charge in [-0.1, -0.05) is 63.7 Å². The maximum Gasteiger partial charge on any atom is 0.159 e. The summed E-state index contributed by atoms with van der Waals surface area (Å²) >= 11 is 0. The van der Waals surface area contributed by atoms with Gasteiger partial charge in [-0.05, 0) is 55.2 Å². The molecular formula is C21H30F2. The molecule has 0 saturated heterocycles. The molecule has 0 bridgehead atoms. The van der Waals surface area contributed by atoms with Gasteiger partial charge in [0.1, 0.15) is 0 Å². The van der Waals surface area contributed by atoms with Crippen LogP contribution in [0.2, 0.25) is 0 Å². The molecule has 1 saturated carbocycles. The number of rotatable bonds is 8. The zero-order valence-corrected chi connectivity index (χ0v) is 14.4. The number of hydrogen-bond donors (Lipinski definition) is 0. The topological polar surface area (TPSA) is 0 Å². The van der Waals surface area contributed by atoms with Crippen LogP contribution in [0.25, 0.3) is 0 Å². The molecule has 0 aliphatic heterocycles. The minimum Gasteiger partial charge on any atom is -0.204 e. The monoisotopic (exact) mass is 320 g/mol. The molecule has 0 N–H and O–H groups in total. The molecule has 0 aromatic heterocycles. The molecule has 1 aliphatic carbocycles. The predicted octanol–water partition coefficient (Wildman–Crippen LogP) is 6.84. The van der Waals surface area contributed by atoms with E-state index in [2.05, 4.69) is 19.1 Å². The summed E-state index contributed by atoms with van der Waals surface area (Å²) in [5.41, 5.74) is 0.833. The molecule has 128 valence electrons. The second-order valence-electron chi connectivity index (χ2n) is 7.04. The number of halogens is 2. The Kier molecular flexibility index (Phi) is 7.78. The van der Waals surface area contributed by atoms with Crippen molar-refractivity contribution in [3.05, 3.63) is 47.5 Å². The third kappa shape index (κ3) is 6.45. The summed E-state index contributed by atoms with van der Waals surface area (Å²) in [6.07, 6.45) is 17.2. The zero-order chi connectivity index (χ0) is 16.5. The third-order valence-electron chi connectivity index (χ3n) is 5.16. The Labute approximate surface area is 140 Å². The average Bonchev–Trinajstić information content (AvgIpc) is 2.56. The highest BCUT2D eigenvalue weighted by Crippen LogP contribution is 2.33. The van der Waals surface area contributed by atoms with E-state index in [1.165, 1.54) is 63.5 Å². The molecule has 1 aromatic rings. The van der Waals surface area contributed by atoms with E-state index in [0.29, 0.717) is 6.42 Å². The van der Waals surface area contributed by atoms with E-state index in [-0.39, 0.29) is 0 Å². The van der Waals surface area contributed by atoms with Crippen LogP contribution in [-0.4, -0.2) is 0 Å². The van der Waals surface area contributed by atoms with Crippen molar-refractivity contribution in [1.82, 2.24) is 0 Å². The van der Waals surface area contributed by atoms with Crippen molar-refractivity contribution in [3.8, 4) is 0 Å². The largest absolute Gasteiger partial charge is 0.204 e. The molecule has 23 heavy (non-hydrogen) atoms. The Balaban J connectivity index is 1.64. The van der Waals surface area contributed by atoms with Gasteiger partial charge in [0, 0.05) is 0 Å². The van der Waals surface area contributed by atoms with Crippen molar-refractivity contribution in [2.24, 2.45) is 11.8 Å². The van der Waals surface area contributed by atoms with Gasteiger partial charge in [-0.2, -0.15) is 0 Å². The van der Waals surface area contributed by atoms with Gasteiger partial charge >= 0.3 is 0 Å². The highest BCUT2D eigenvalue weighted by Gasteiger charge is 2.19. The summed E-state index contributed by atoms with van der Waals surface area (Å²) < 4.78 is 26.0. The molecule has 0 spiro atoms. The van der Waals surface area contributed by atoms with Crippen LogP contribution in [0, 0.1) is 23.5 Å².